The zero-order valence-corrected chi connectivity index (χ0v) is 25.7. The molecule has 10 nitrogen and oxygen atoms in total. The fraction of sp³-hybridized carbons (Fsp3) is 0.371. The molecule has 45 heavy (non-hydrogen) atoms. The fourth-order valence-electron chi connectivity index (χ4n) is 5.97. The molecule has 6 rings (SSSR count). The summed E-state index contributed by atoms with van der Waals surface area (Å²) in [5.74, 6) is 2.35. The highest BCUT2D eigenvalue weighted by atomic mass is 16.5. The lowest BCUT2D eigenvalue weighted by atomic mass is 10.1. The molecule has 0 bridgehead atoms. The molecule has 10 heteroatoms. The van der Waals surface area contributed by atoms with Gasteiger partial charge in [0.05, 0.1) is 60.8 Å². The van der Waals surface area contributed by atoms with Gasteiger partial charge in [-0.25, -0.2) is 4.98 Å². The van der Waals surface area contributed by atoms with Gasteiger partial charge in [0.2, 0.25) is 0 Å². The van der Waals surface area contributed by atoms with E-state index in [1.807, 2.05) is 35.4 Å². The average Bonchev–Trinajstić information content (AvgIpc) is 3.49. The van der Waals surface area contributed by atoms with Gasteiger partial charge >= 0.3 is 0 Å². The molecule has 3 heterocycles. The van der Waals surface area contributed by atoms with Crippen LogP contribution in [0.4, 0.5) is 5.69 Å². The Morgan fingerprint density at radius 3 is 2.47 bits per heavy atom. The van der Waals surface area contributed by atoms with E-state index in [0.717, 1.165) is 50.6 Å². The predicted molar refractivity (Wildman–Crippen MR) is 173 cm³/mol. The van der Waals surface area contributed by atoms with E-state index in [9.17, 15) is 14.7 Å². The normalized spacial score (nSPS) is 15.6. The predicted octanol–water partition coefficient (Wildman–Crippen LogP) is 5.53. The summed E-state index contributed by atoms with van der Waals surface area (Å²) in [6.07, 6.45) is 7.46. The number of hydrogen-bond acceptors (Lipinski definition) is 8. The maximum Gasteiger partial charge on any atom is 0.266 e. The summed E-state index contributed by atoms with van der Waals surface area (Å²) < 4.78 is 19.2. The van der Waals surface area contributed by atoms with Crippen molar-refractivity contribution in [3.05, 3.63) is 81.9 Å². The Balaban J connectivity index is 0.993. The van der Waals surface area contributed by atoms with Gasteiger partial charge < -0.3 is 24.2 Å². The second-order valence-corrected chi connectivity index (χ2v) is 11.4. The SMILES string of the molecule is COc1cc2c(cc1OCCCCCCOc1ccc3nc(C)n(-c4ccc(CO)cc4)c(=O)c3c1)N=C[C@@H]1CCCN1C2=O. The maximum absolute atomic E-state index is 13.4. The van der Waals surface area contributed by atoms with Gasteiger partial charge in [0, 0.05) is 18.8 Å². The van der Waals surface area contributed by atoms with E-state index in [1.54, 1.807) is 48.9 Å². The van der Waals surface area contributed by atoms with E-state index in [2.05, 4.69) is 9.98 Å². The number of hydrogen-bond donors (Lipinski definition) is 1. The summed E-state index contributed by atoms with van der Waals surface area (Å²) in [5, 5.41) is 9.82. The Kier molecular flexibility index (Phi) is 9.11. The molecule has 0 aliphatic carbocycles. The number of rotatable bonds is 12. The highest BCUT2D eigenvalue weighted by Gasteiger charge is 2.32. The second kappa shape index (κ2) is 13.5. The Morgan fingerprint density at radius 1 is 0.933 bits per heavy atom. The van der Waals surface area contributed by atoms with Crippen LogP contribution in [-0.2, 0) is 6.61 Å². The number of fused-ring (bicyclic) bond motifs is 3. The average molecular weight is 611 g/mol. The third kappa shape index (κ3) is 6.42. The fourth-order valence-corrected chi connectivity index (χ4v) is 5.97. The number of amides is 1. The van der Waals surface area contributed by atoms with Crippen LogP contribution in [0.5, 0.6) is 17.2 Å². The lowest BCUT2D eigenvalue weighted by Crippen LogP contribution is -2.35. The van der Waals surface area contributed by atoms with Crippen molar-refractivity contribution in [1.82, 2.24) is 14.5 Å². The topological polar surface area (TPSA) is 115 Å². The van der Waals surface area contributed by atoms with Crippen molar-refractivity contribution >= 4 is 28.7 Å². The molecule has 0 unspecified atom stereocenters. The van der Waals surface area contributed by atoms with Crippen LogP contribution in [0, 0.1) is 6.92 Å². The zero-order chi connectivity index (χ0) is 31.3. The molecule has 1 aromatic heterocycles. The number of carbonyl (C=O) groups excluding carboxylic acids is 1. The molecule has 1 atom stereocenters. The maximum atomic E-state index is 13.4. The minimum Gasteiger partial charge on any atom is -0.494 e. The highest BCUT2D eigenvalue weighted by Crippen LogP contribution is 2.38. The van der Waals surface area contributed by atoms with Crippen LogP contribution < -0.4 is 19.8 Å². The molecular formula is C35H38N4O6. The number of aliphatic hydroxyl groups excluding tert-OH is 1. The molecule has 1 saturated heterocycles. The molecule has 4 aromatic rings. The number of benzene rings is 3. The number of aliphatic imine (C=N–C) groups is 1. The van der Waals surface area contributed by atoms with E-state index in [0.29, 0.717) is 64.1 Å². The first kappa shape index (κ1) is 30.3. The van der Waals surface area contributed by atoms with E-state index < -0.39 is 0 Å². The van der Waals surface area contributed by atoms with Gasteiger partial charge in [-0.1, -0.05) is 12.1 Å². The molecule has 0 radical (unpaired) electrons. The Bertz CT molecular complexity index is 1780. The van der Waals surface area contributed by atoms with Crippen molar-refractivity contribution < 1.29 is 24.1 Å². The van der Waals surface area contributed by atoms with Gasteiger partial charge in [-0.2, -0.15) is 0 Å². The summed E-state index contributed by atoms with van der Waals surface area (Å²) in [5.41, 5.74) is 3.11. The summed E-state index contributed by atoms with van der Waals surface area (Å²) in [6, 6.07) is 16.2. The number of methoxy groups -OCH3 is 1. The molecule has 3 aromatic carbocycles. The van der Waals surface area contributed by atoms with Crippen LogP contribution in [-0.4, -0.2) is 64.6 Å². The quantitative estimate of drug-likeness (QED) is 0.210. The third-order valence-electron chi connectivity index (χ3n) is 8.41. The lowest BCUT2D eigenvalue weighted by molar-refractivity contribution is 0.0774. The Labute approximate surface area is 261 Å². The van der Waals surface area contributed by atoms with Crippen molar-refractivity contribution in [3.63, 3.8) is 0 Å². The van der Waals surface area contributed by atoms with Gasteiger partial charge in [-0.3, -0.25) is 19.1 Å². The third-order valence-corrected chi connectivity index (χ3v) is 8.41. The van der Waals surface area contributed by atoms with Crippen LogP contribution in [0.3, 0.4) is 0 Å². The lowest BCUT2D eigenvalue weighted by Gasteiger charge is -2.20. The number of nitrogens with zero attached hydrogens (tertiary/aromatic N) is 4. The number of aromatic nitrogens is 2. The minimum absolute atomic E-state index is 0.00484. The van der Waals surface area contributed by atoms with Crippen molar-refractivity contribution in [2.24, 2.45) is 4.99 Å². The summed E-state index contributed by atoms with van der Waals surface area (Å²) >= 11 is 0. The van der Waals surface area contributed by atoms with Crippen molar-refractivity contribution in [3.8, 4) is 22.9 Å². The standard InChI is InChI=1S/C35H38N4O6/c1-23-37-30-14-13-27(18-28(30)35(42)39(23)25-11-9-24(22-40)10-12-25)44-16-5-3-4-6-17-45-33-20-31-29(19-32(33)43-2)34(41)38-15-7-8-26(38)21-36-31/h9-14,18-21,26,40H,3-8,15-17,22H2,1-2H3/t26-/m0/s1. The highest BCUT2D eigenvalue weighted by molar-refractivity contribution is 6.03. The second-order valence-electron chi connectivity index (χ2n) is 11.4. The Morgan fingerprint density at radius 2 is 1.71 bits per heavy atom. The van der Waals surface area contributed by atoms with E-state index in [4.69, 9.17) is 14.2 Å². The molecule has 1 amide bonds. The monoisotopic (exact) mass is 610 g/mol. The molecule has 2 aliphatic heterocycles. The number of unbranched alkanes of at least 4 members (excludes halogenated alkanes) is 3. The number of ether oxygens (including phenoxy) is 3. The smallest absolute Gasteiger partial charge is 0.266 e. The van der Waals surface area contributed by atoms with Gasteiger partial charge in [0.1, 0.15) is 11.6 Å². The summed E-state index contributed by atoms with van der Waals surface area (Å²) in [7, 11) is 1.58. The number of aryl methyl sites for hydroxylation is 1. The zero-order valence-electron chi connectivity index (χ0n) is 25.7. The first-order valence-corrected chi connectivity index (χ1v) is 15.5. The van der Waals surface area contributed by atoms with Gasteiger partial charge in [-0.05, 0) is 87.4 Å². The number of carbonyl (C=O) groups is 1. The minimum atomic E-state index is -0.162. The van der Waals surface area contributed by atoms with Gasteiger partial charge in [-0.15, -0.1) is 0 Å². The van der Waals surface area contributed by atoms with Crippen LogP contribution in [0.25, 0.3) is 16.6 Å². The molecular weight excluding hydrogens is 572 g/mol. The first-order chi connectivity index (χ1) is 22.0. The summed E-state index contributed by atoms with van der Waals surface area (Å²) in [4.78, 5) is 37.6. The van der Waals surface area contributed by atoms with Crippen LogP contribution >= 0.6 is 0 Å². The van der Waals surface area contributed by atoms with Crippen molar-refractivity contribution in [2.75, 3.05) is 26.9 Å². The molecule has 1 N–H and O–H groups in total. The van der Waals surface area contributed by atoms with E-state index in [1.165, 1.54) is 0 Å². The first-order valence-electron chi connectivity index (χ1n) is 15.5. The van der Waals surface area contributed by atoms with E-state index >= 15 is 0 Å². The number of aliphatic hydroxyl groups is 1. The molecule has 0 saturated carbocycles. The Hall–Kier alpha value is -4.70. The van der Waals surface area contributed by atoms with Gasteiger partial charge in [0.15, 0.2) is 11.5 Å². The largest absolute Gasteiger partial charge is 0.494 e. The van der Waals surface area contributed by atoms with Gasteiger partial charge in [0.25, 0.3) is 11.5 Å². The molecule has 1 fully saturated rings. The van der Waals surface area contributed by atoms with E-state index in [-0.39, 0.29) is 24.1 Å². The van der Waals surface area contributed by atoms with Crippen LogP contribution in [0.2, 0.25) is 0 Å². The molecule has 2 aliphatic rings. The van der Waals surface area contributed by atoms with Crippen LogP contribution in [0.15, 0.2) is 64.4 Å². The molecule has 234 valence electrons. The van der Waals surface area contributed by atoms with Crippen molar-refractivity contribution in [1.29, 1.82) is 0 Å². The summed E-state index contributed by atoms with van der Waals surface area (Å²) in [6.45, 7) is 3.56. The van der Waals surface area contributed by atoms with Crippen LogP contribution in [0.1, 0.15) is 60.3 Å². The van der Waals surface area contributed by atoms with Crippen molar-refractivity contribution in [2.45, 2.75) is 58.1 Å². The molecule has 0 spiro atoms.